The van der Waals surface area contributed by atoms with Gasteiger partial charge in [0.2, 0.25) is 5.91 Å². The summed E-state index contributed by atoms with van der Waals surface area (Å²) in [4.78, 5) is 36.4. The van der Waals surface area contributed by atoms with Gasteiger partial charge < -0.3 is 14.7 Å². The van der Waals surface area contributed by atoms with E-state index in [1.807, 2.05) is 4.90 Å². The highest BCUT2D eigenvalue weighted by atomic mass is 16.6. The summed E-state index contributed by atoms with van der Waals surface area (Å²) in [5, 5.41) is 20.3. The van der Waals surface area contributed by atoms with E-state index in [1.54, 1.807) is 0 Å². The highest BCUT2D eigenvalue weighted by Gasteiger charge is 2.24. The number of aliphatic hydroxyl groups is 1. The Balaban J connectivity index is 1.79. The van der Waals surface area contributed by atoms with Gasteiger partial charge in [0.25, 0.3) is 5.69 Å². The monoisotopic (exact) mass is 406 g/mol. The van der Waals surface area contributed by atoms with E-state index in [0.29, 0.717) is 38.2 Å². The van der Waals surface area contributed by atoms with Crippen molar-refractivity contribution in [3.8, 4) is 5.75 Å². The van der Waals surface area contributed by atoms with E-state index >= 15 is 0 Å². The molecule has 1 N–H and O–H groups in total. The Morgan fingerprint density at radius 1 is 1.24 bits per heavy atom. The number of nitro benzene ring substituents is 1. The second-order valence-electron chi connectivity index (χ2n) is 7.40. The molecule has 0 spiro atoms. The first kappa shape index (κ1) is 22.8. The largest absolute Gasteiger partial charge is 0.494 e. The van der Waals surface area contributed by atoms with Gasteiger partial charge >= 0.3 is 0 Å². The summed E-state index contributed by atoms with van der Waals surface area (Å²) in [6.45, 7) is 1.99. The average molecular weight is 406 g/mol. The predicted molar refractivity (Wildman–Crippen MR) is 108 cm³/mol. The maximum Gasteiger partial charge on any atom is 0.280 e. The van der Waals surface area contributed by atoms with Crippen LogP contribution in [-0.2, 0) is 4.79 Å². The topological polar surface area (TPSA) is 110 Å². The number of hydrogen-bond acceptors (Lipinski definition) is 6. The molecule has 0 aliphatic heterocycles. The fourth-order valence-electron chi connectivity index (χ4n) is 3.77. The zero-order chi connectivity index (χ0) is 21.2. The normalized spacial score (nSPS) is 14.4. The lowest BCUT2D eigenvalue weighted by molar-refractivity contribution is -0.385. The number of nitro groups is 1. The van der Waals surface area contributed by atoms with E-state index in [1.165, 1.54) is 31.5 Å². The number of carbonyl (C=O) groups excluding carboxylic acids is 2. The van der Waals surface area contributed by atoms with Crippen molar-refractivity contribution in [2.24, 2.45) is 0 Å². The van der Waals surface area contributed by atoms with Crippen LogP contribution in [-0.4, -0.2) is 52.4 Å². The first-order chi connectivity index (χ1) is 13.9. The second kappa shape index (κ2) is 11.5. The maximum atomic E-state index is 12.6. The molecular weight excluding hydrogens is 376 g/mol. The number of ether oxygens (including phenoxy) is 1. The van der Waals surface area contributed by atoms with Gasteiger partial charge in [-0.05, 0) is 44.7 Å². The van der Waals surface area contributed by atoms with Crippen LogP contribution in [0.1, 0.15) is 68.6 Å². The quantitative estimate of drug-likeness (QED) is 0.261. The van der Waals surface area contributed by atoms with Gasteiger partial charge in [-0.1, -0.05) is 19.3 Å². The molecule has 0 unspecified atom stereocenters. The molecule has 0 aromatic heterocycles. The first-order valence-corrected chi connectivity index (χ1v) is 10.3. The fourth-order valence-corrected chi connectivity index (χ4v) is 3.77. The van der Waals surface area contributed by atoms with Gasteiger partial charge in [0.1, 0.15) is 5.75 Å². The van der Waals surface area contributed by atoms with Crippen molar-refractivity contribution in [1.82, 2.24) is 4.90 Å². The molecule has 160 valence electrons. The third-order valence-electron chi connectivity index (χ3n) is 5.27. The van der Waals surface area contributed by atoms with E-state index in [0.717, 1.165) is 25.7 Å². The van der Waals surface area contributed by atoms with Crippen LogP contribution in [0.5, 0.6) is 5.75 Å². The number of benzene rings is 1. The number of rotatable bonds is 11. The number of unbranched alkanes of at least 4 members (excludes halogenated alkanes) is 1. The van der Waals surface area contributed by atoms with Crippen molar-refractivity contribution in [2.75, 3.05) is 19.8 Å². The Kier molecular flexibility index (Phi) is 9.05. The molecule has 1 aliphatic rings. The minimum atomic E-state index is -0.587. The van der Waals surface area contributed by atoms with Crippen molar-refractivity contribution in [2.45, 2.75) is 64.3 Å². The summed E-state index contributed by atoms with van der Waals surface area (Å²) < 4.78 is 5.60. The number of nitrogens with zero attached hydrogens (tertiary/aromatic N) is 2. The second-order valence-corrected chi connectivity index (χ2v) is 7.40. The molecule has 8 heteroatoms. The molecule has 1 aromatic carbocycles. The van der Waals surface area contributed by atoms with Crippen LogP contribution < -0.4 is 4.74 Å². The SMILES string of the molecule is CC(=O)c1cc(OCCCCC(=O)N(CCO)C2CCCCC2)ccc1[N+](=O)[O-]. The summed E-state index contributed by atoms with van der Waals surface area (Å²) in [6, 6.07) is 4.37. The van der Waals surface area contributed by atoms with Crippen LogP contribution in [0.2, 0.25) is 0 Å². The molecule has 1 saturated carbocycles. The Bertz CT molecular complexity index is 715. The molecular formula is C21H30N2O6. The van der Waals surface area contributed by atoms with E-state index < -0.39 is 4.92 Å². The zero-order valence-electron chi connectivity index (χ0n) is 17.0. The van der Waals surface area contributed by atoms with Crippen LogP contribution in [0.15, 0.2) is 18.2 Å². The van der Waals surface area contributed by atoms with Crippen molar-refractivity contribution in [3.05, 3.63) is 33.9 Å². The molecule has 29 heavy (non-hydrogen) atoms. The molecule has 0 saturated heterocycles. The van der Waals surface area contributed by atoms with Crippen molar-refractivity contribution in [3.63, 3.8) is 0 Å². The number of hydrogen-bond donors (Lipinski definition) is 1. The van der Waals surface area contributed by atoms with Crippen molar-refractivity contribution >= 4 is 17.4 Å². The summed E-state index contributed by atoms with van der Waals surface area (Å²) in [6.07, 6.45) is 7.19. The minimum Gasteiger partial charge on any atom is -0.494 e. The fraction of sp³-hybridized carbons (Fsp3) is 0.619. The molecule has 1 aromatic rings. The standard InChI is InChI=1S/C21H30N2O6/c1-16(25)19-15-18(10-11-20(19)23(27)28)29-14-6-5-9-21(26)22(12-13-24)17-7-3-2-4-8-17/h10-11,15,17,24H,2-9,12-14H2,1H3. The Morgan fingerprint density at radius 2 is 1.97 bits per heavy atom. The molecule has 1 amide bonds. The van der Waals surface area contributed by atoms with Gasteiger partial charge in [0.15, 0.2) is 5.78 Å². The van der Waals surface area contributed by atoms with Crippen LogP contribution in [0.4, 0.5) is 5.69 Å². The lowest BCUT2D eigenvalue weighted by Crippen LogP contribution is -2.43. The number of aliphatic hydroxyl groups excluding tert-OH is 1. The average Bonchev–Trinajstić information content (AvgIpc) is 2.71. The molecule has 1 fully saturated rings. The lowest BCUT2D eigenvalue weighted by Gasteiger charge is -2.34. The third-order valence-corrected chi connectivity index (χ3v) is 5.27. The molecule has 0 atom stereocenters. The van der Waals surface area contributed by atoms with Crippen LogP contribution >= 0.6 is 0 Å². The first-order valence-electron chi connectivity index (χ1n) is 10.3. The lowest BCUT2D eigenvalue weighted by atomic mass is 9.94. The number of carbonyl (C=O) groups is 2. The Labute approximate surface area is 171 Å². The Hall–Kier alpha value is -2.48. The summed E-state index contributed by atoms with van der Waals surface area (Å²) in [5.41, 5.74) is -0.211. The van der Waals surface area contributed by atoms with Gasteiger partial charge in [0, 0.05) is 25.1 Å². The van der Waals surface area contributed by atoms with Gasteiger partial charge in [-0.25, -0.2) is 0 Å². The molecule has 0 bridgehead atoms. The third kappa shape index (κ3) is 6.81. The van der Waals surface area contributed by atoms with Gasteiger partial charge in [-0.2, -0.15) is 0 Å². The van der Waals surface area contributed by atoms with E-state index in [4.69, 9.17) is 4.74 Å². The maximum absolute atomic E-state index is 12.6. The predicted octanol–water partition coefficient (Wildman–Crippen LogP) is 3.50. The minimum absolute atomic E-state index is 0.0230. The van der Waals surface area contributed by atoms with Gasteiger partial charge in [0.05, 0.1) is 23.7 Å². The van der Waals surface area contributed by atoms with E-state index in [9.17, 15) is 24.8 Å². The molecule has 0 radical (unpaired) electrons. The smallest absolute Gasteiger partial charge is 0.280 e. The highest BCUT2D eigenvalue weighted by Crippen LogP contribution is 2.25. The molecule has 2 rings (SSSR count). The zero-order valence-corrected chi connectivity index (χ0v) is 17.0. The summed E-state index contributed by atoms with van der Waals surface area (Å²) in [5.74, 6) is 0.0795. The number of ketones is 1. The highest BCUT2D eigenvalue weighted by molar-refractivity contribution is 5.98. The van der Waals surface area contributed by atoms with E-state index in [-0.39, 0.29) is 35.6 Å². The van der Waals surface area contributed by atoms with Crippen molar-refractivity contribution in [1.29, 1.82) is 0 Å². The molecule has 0 heterocycles. The molecule has 1 aliphatic carbocycles. The van der Waals surface area contributed by atoms with Crippen LogP contribution in [0.25, 0.3) is 0 Å². The number of amides is 1. The van der Waals surface area contributed by atoms with Crippen molar-refractivity contribution < 1.29 is 24.4 Å². The summed E-state index contributed by atoms with van der Waals surface area (Å²) >= 11 is 0. The van der Waals surface area contributed by atoms with Crippen LogP contribution in [0, 0.1) is 10.1 Å². The van der Waals surface area contributed by atoms with Gasteiger partial charge in [-0.3, -0.25) is 19.7 Å². The van der Waals surface area contributed by atoms with E-state index in [2.05, 4.69) is 0 Å². The Morgan fingerprint density at radius 3 is 2.59 bits per heavy atom. The number of Topliss-reactive ketones (excluding diaryl/α,β-unsaturated/α-hetero) is 1. The van der Waals surface area contributed by atoms with Crippen LogP contribution in [0.3, 0.4) is 0 Å². The summed E-state index contributed by atoms with van der Waals surface area (Å²) in [7, 11) is 0. The van der Waals surface area contributed by atoms with Gasteiger partial charge in [-0.15, -0.1) is 0 Å². The molecule has 8 nitrogen and oxygen atoms in total.